The van der Waals surface area contributed by atoms with Gasteiger partial charge in [0, 0.05) is 28.5 Å². The van der Waals surface area contributed by atoms with Crippen molar-refractivity contribution in [2.45, 2.75) is 52.4 Å². The lowest BCUT2D eigenvalue weighted by Gasteiger charge is -2.27. The largest absolute Gasteiger partial charge is 0.507 e. The zero-order valence-electron chi connectivity index (χ0n) is 24.0. The molecule has 0 amide bonds. The van der Waals surface area contributed by atoms with Crippen molar-refractivity contribution in [1.82, 2.24) is 0 Å². The fourth-order valence-electron chi connectivity index (χ4n) is 5.21. The first kappa shape index (κ1) is 26.5. The van der Waals surface area contributed by atoms with Crippen LogP contribution in [0.2, 0.25) is 0 Å². The van der Waals surface area contributed by atoms with Gasteiger partial charge in [0.25, 0.3) is 0 Å². The molecule has 3 heteroatoms. The Morgan fingerprint density at radius 1 is 0.692 bits per heavy atom. The van der Waals surface area contributed by atoms with Gasteiger partial charge < -0.3 is 9.84 Å². The molecule has 0 heterocycles. The molecule has 0 aliphatic rings. The Morgan fingerprint density at radius 3 is 1.87 bits per heavy atom. The predicted molar refractivity (Wildman–Crippen MR) is 166 cm³/mol. The summed E-state index contributed by atoms with van der Waals surface area (Å²) >= 11 is 0. The fraction of sp³-hybridized carbons (Fsp3) is 0.250. The van der Waals surface area contributed by atoms with E-state index in [0.29, 0.717) is 0 Å². The van der Waals surface area contributed by atoms with Crippen molar-refractivity contribution in [3.8, 4) is 22.6 Å². The Hall–Kier alpha value is -4.11. The summed E-state index contributed by atoms with van der Waals surface area (Å²) in [5, 5.41) is 15.8. The summed E-state index contributed by atoms with van der Waals surface area (Å²) in [5.41, 5.74) is 5.38. The second kappa shape index (κ2) is 9.89. The van der Waals surface area contributed by atoms with Crippen molar-refractivity contribution in [1.29, 1.82) is 0 Å². The zero-order valence-corrected chi connectivity index (χ0v) is 24.0. The maximum Gasteiger partial charge on any atom is 0.128 e. The van der Waals surface area contributed by atoms with Gasteiger partial charge in [-0.25, -0.2) is 0 Å². The van der Waals surface area contributed by atoms with Crippen LogP contribution in [0.4, 0.5) is 5.69 Å². The van der Waals surface area contributed by atoms with Crippen LogP contribution in [0.25, 0.3) is 32.7 Å². The van der Waals surface area contributed by atoms with Gasteiger partial charge in [-0.15, -0.1) is 0 Å². The van der Waals surface area contributed by atoms with Crippen LogP contribution in [-0.2, 0) is 10.8 Å². The number of phenols is 1. The standard InChI is InChI=1S/C36H37NO2/c1-35(2,3)26-20-25(34(38)29(21-26)36(4,5)6)22-37-30-18-16-23-12-8-10-14-27(23)32(30)33-28-15-11-9-13-24(28)17-19-31(33)39-7/h8-22,38H,1-7H3. The van der Waals surface area contributed by atoms with E-state index in [9.17, 15) is 5.11 Å². The molecular weight excluding hydrogens is 478 g/mol. The Kier molecular flexibility index (Phi) is 6.72. The number of hydrogen-bond acceptors (Lipinski definition) is 3. The van der Waals surface area contributed by atoms with Crippen LogP contribution in [0.15, 0.2) is 89.9 Å². The molecule has 0 saturated carbocycles. The van der Waals surface area contributed by atoms with E-state index < -0.39 is 0 Å². The summed E-state index contributed by atoms with van der Waals surface area (Å²) in [6.45, 7) is 13.0. The quantitative estimate of drug-likeness (QED) is 0.242. The van der Waals surface area contributed by atoms with Crippen molar-refractivity contribution in [3.05, 3.63) is 102 Å². The molecule has 3 nitrogen and oxygen atoms in total. The topological polar surface area (TPSA) is 41.8 Å². The lowest BCUT2D eigenvalue weighted by atomic mass is 9.79. The van der Waals surface area contributed by atoms with Crippen molar-refractivity contribution >= 4 is 33.4 Å². The monoisotopic (exact) mass is 515 g/mol. The molecule has 0 unspecified atom stereocenters. The van der Waals surface area contributed by atoms with E-state index in [1.807, 2.05) is 12.3 Å². The third-order valence-electron chi connectivity index (χ3n) is 7.42. The van der Waals surface area contributed by atoms with Crippen LogP contribution in [0.3, 0.4) is 0 Å². The minimum absolute atomic E-state index is 0.0687. The SMILES string of the molecule is COc1ccc2ccccc2c1-c1c(N=Cc2cc(C(C)(C)C)cc(C(C)(C)C)c2O)ccc2ccccc12. The molecule has 198 valence electrons. The smallest absolute Gasteiger partial charge is 0.128 e. The van der Waals surface area contributed by atoms with E-state index in [2.05, 4.69) is 120 Å². The molecule has 0 atom stereocenters. The van der Waals surface area contributed by atoms with Gasteiger partial charge in [0.1, 0.15) is 11.5 Å². The minimum atomic E-state index is -0.210. The molecule has 0 fully saturated rings. The number of hydrogen-bond donors (Lipinski definition) is 1. The molecule has 0 spiro atoms. The van der Waals surface area contributed by atoms with Crippen molar-refractivity contribution in [2.24, 2.45) is 4.99 Å². The third-order valence-corrected chi connectivity index (χ3v) is 7.42. The first-order valence-electron chi connectivity index (χ1n) is 13.5. The molecular formula is C36H37NO2. The molecule has 0 aliphatic heterocycles. The number of aliphatic imine (C=N–C) groups is 1. The van der Waals surface area contributed by atoms with E-state index >= 15 is 0 Å². The Bertz CT molecular complexity index is 1720. The van der Waals surface area contributed by atoms with Gasteiger partial charge in [-0.1, -0.05) is 108 Å². The first-order valence-corrected chi connectivity index (χ1v) is 13.5. The molecule has 5 rings (SSSR count). The van der Waals surface area contributed by atoms with Gasteiger partial charge >= 0.3 is 0 Å². The van der Waals surface area contributed by atoms with Crippen LogP contribution in [-0.4, -0.2) is 18.4 Å². The van der Waals surface area contributed by atoms with Gasteiger partial charge in [-0.05, 0) is 56.1 Å². The number of benzene rings is 5. The van der Waals surface area contributed by atoms with E-state index in [0.717, 1.165) is 55.2 Å². The second-order valence-electron chi connectivity index (χ2n) is 12.3. The summed E-state index contributed by atoms with van der Waals surface area (Å²) < 4.78 is 5.91. The molecule has 5 aromatic carbocycles. The number of fused-ring (bicyclic) bond motifs is 2. The number of nitrogens with zero attached hydrogens (tertiary/aromatic N) is 1. The highest BCUT2D eigenvalue weighted by Gasteiger charge is 2.25. The van der Waals surface area contributed by atoms with Gasteiger partial charge in [-0.3, -0.25) is 4.99 Å². The third kappa shape index (κ3) is 5.02. The molecule has 0 radical (unpaired) electrons. The summed E-state index contributed by atoms with van der Waals surface area (Å²) in [4.78, 5) is 5.05. The van der Waals surface area contributed by atoms with E-state index in [1.54, 1.807) is 7.11 Å². The van der Waals surface area contributed by atoms with Gasteiger partial charge in [-0.2, -0.15) is 0 Å². The van der Waals surface area contributed by atoms with Crippen molar-refractivity contribution in [3.63, 3.8) is 0 Å². The van der Waals surface area contributed by atoms with Crippen molar-refractivity contribution in [2.75, 3.05) is 7.11 Å². The summed E-state index contributed by atoms with van der Waals surface area (Å²) in [7, 11) is 1.71. The lowest BCUT2D eigenvalue weighted by Crippen LogP contribution is -2.17. The average Bonchev–Trinajstić information content (AvgIpc) is 2.90. The van der Waals surface area contributed by atoms with Crippen LogP contribution < -0.4 is 4.74 Å². The van der Waals surface area contributed by atoms with Gasteiger partial charge in [0.15, 0.2) is 0 Å². The summed E-state index contributed by atoms with van der Waals surface area (Å²) in [5.74, 6) is 1.08. The van der Waals surface area contributed by atoms with Crippen LogP contribution >= 0.6 is 0 Å². The van der Waals surface area contributed by atoms with E-state index in [1.165, 1.54) is 5.56 Å². The number of ether oxygens (including phenoxy) is 1. The molecule has 0 bridgehead atoms. The van der Waals surface area contributed by atoms with Gasteiger partial charge in [0.05, 0.1) is 12.8 Å². The second-order valence-corrected chi connectivity index (χ2v) is 12.3. The normalized spacial score (nSPS) is 12.5. The Morgan fingerprint density at radius 2 is 1.28 bits per heavy atom. The highest BCUT2D eigenvalue weighted by molar-refractivity contribution is 6.11. The molecule has 0 saturated heterocycles. The first-order chi connectivity index (χ1) is 18.5. The zero-order chi connectivity index (χ0) is 27.9. The minimum Gasteiger partial charge on any atom is -0.507 e. The molecule has 39 heavy (non-hydrogen) atoms. The molecule has 1 N–H and O–H groups in total. The van der Waals surface area contributed by atoms with Crippen LogP contribution in [0.1, 0.15) is 58.2 Å². The predicted octanol–water partition coefficient (Wildman–Crippen LogP) is 9.72. The number of methoxy groups -OCH3 is 1. The maximum absolute atomic E-state index is 11.4. The number of phenolic OH excluding ortho intramolecular Hbond substituents is 1. The van der Waals surface area contributed by atoms with Gasteiger partial charge in [0.2, 0.25) is 0 Å². The maximum atomic E-state index is 11.4. The highest BCUT2D eigenvalue weighted by Crippen LogP contribution is 2.45. The fourth-order valence-corrected chi connectivity index (χ4v) is 5.21. The molecule has 0 aliphatic carbocycles. The highest BCUT2D eigenvalue weighted by atomic mass is 16.5. The number of aromatic hydroxyl groups is 1. The molecule has 0 aromatic heterocycles. The Balaban J connectivity index is 1.79. The lowest BCUT2D eigenvalue weighted by molar-refractivity contribution is 0.417. The van der Waals surface area contributed by atoms with Crippen LogP contribution in [0, 0.1) is 0 Å². The van der Waals surface area contributed by atoms with Crippen molar-refractivity contribution < 1.29 is 9.84 Å². The summed E-state index contributed by atoms with van der Waals surface area (Å²) in [6.07, 6.45) is 1.81. The number of rotatable bonds is 4. The van der Waals surface area contributed by atoms with E-state index in [-0.39, 0.29) is 16.6 Å². The Labute approximate surface area is 231 Å². The van der Waals surface area contributed by atoms with Crippen LogP contribution in [0.5, 0.6) is 11.5 Å². The average molecular weight is 516 g/mol. The summed E-state index contributed by atoms with van der Waals surface area (Å²) in [6, 6.07) is 29.2. The van der Waals surface area contributed by atoms with E-state index in [4.69, 9.17) is 9.73 Å². The molecule has 5 aromatic rings.